The van der Waals surface area contributed by atoms with Crippen LogP contribution in [0.3, 0.4) is 0 Å². The van der Waals surface area contributed by atoms with Crippen molar-refractivity contribution in [3.63, 3.8) is 0 Å². The summed E-state index contributed by atoms with van der Waals surface area (Å²) < 4.78 is 6.94. The van der Waals surface area contributed by atoms with Crippen LogP contribution >= 0.6 is 22.7 Å². The van der Waals surface area contributed by atoms with Crippen molar-refractivity contribution in [3.8, 4) is 0 Å². The minimum Gasteiger partial charge on any atom is -0.478 e. The number of rotatable bonds is 2. The van der Waals surface area contributed by atoms with E-state index in [2.05, 4.69) is 4.74 Å². The second kappa shape index (κ2) is 9.82. The minimum absolute atomic E-state index is 0.284. The topological polar surface area (TPSA) is 83.8 Å². The van der Waals surface area contributed by atoms with Crippen molar-refractivity contribution in [2.24, 2.45) is 0 Å². The van der Waals surface area contributed by atoms with E-state index in [4.69, 9.17) is 10.2 Å². The molecule has 7 heteroatoms. The van der Waals surface area contributed by atoms with Crippen molar-refractivity contribution in [1.29, 1.82) is 0 Å². The van der Waals surface area contributed by atoms with Crippen LogP contribution < -0.4 is 0 Å². The Kier molecular flexibility index (Phi) is 7.48. The zero-order valence-electron chi connectivity index (χ0n) is 14.7. The number of carbonyl (C=O) groups is 2. The summed E-state index contributed by atoms with van der Waals surface area (Å²) in [7, 11) is 2.39. The molecule has 27 heavy (non-hydrogen) atoms. The summed E-state index contributed by atoms with van der Waals surface area (Å²) in [6.07, 6.45) is 0. The monoisotopic (exact) mass is 402 g/mol. The van der Waals surface area contributed by atoms with Crippen molar-refractivity contribution in [1.82, 2.24) is 0 Å². The van der Waals surface area contributed by atoms with E-state index in [1.54, 1.807) is 40.9 Å². The number of fused-ring (bicyclic) bond motifs is 2. The number of aliphatic hydroxyl groups is 1. The van der Waals surface area contributed by atoms with Crippen LogP contribution in [0, 0.1) is 0 Å². The Balaban J connectivity index is 0.000000178. The van der Waals surface area contributed by atoms with Gasteiger partial charge in [0.2, 0.25) is 0 Å². The van der Waals surface area contributed by atoms with Gasteiger partial charge in [0, 0.05) is 16.5 Å². The van der Waals surface area contributed by atoms with E-state index in [9.17, 15) is 9.59 Å². The number of carboxylic acids is 1. The van der Waals surface area contributed by atoms with Crippen molar-refractivity contribution >= 4 is 54.8 Å². The molecular weight excluding hydrogens is 384 g/mol. The highest BCUT2D eigenvalue weighted by Gasteiger charge is 2.05. The van der Waals surface area contributed by atoms with Crippen LogP contribution in [0.4, 0.5) is 0 Å². The summed E-state index contributed by atoms with van der Waals surface area (Å²) in [6.45, 7) is 0. The lowest BCUT2D eigenvalue weighted by Crippen LogP contribution is -1.99. The number of esters is 1. The summed E-state index contributed by atoms with van der Waals surface area (Å²) >= 11 is 3.28. The fourth-order valence-electron chi connectivity index (χ4n) is 2.31. The van der Waals surface area contributed by atoms with Crippen LogP contribution in [-0.4, -0.2) is 36.4 Å². The largest absolute Gasteiger partial charge is 0.478 e. The molecule has 0 atom stereocenters. The maximum Gasteiger partial charge on any atom is 0.337 e. The average molecular weight is 402 g/mol. The summed E-state index contributed by atoms with van der Waals surface area (Å²) in [5, 5.41) is 21.7. The van der Waals surface area contributed by atoms with E-state index in [0.29, 0.717) is 11.1 Å². The Morgan fingerprint density at radius 3 is 1.78 bits per heavy atom. The Hall–Kier alpha value is -2.74. The number of carbonyl (C=O) groups excluding carboxylic acids is 1. The smallest absolute Gasteiger partial charge is 0.337 e. The zero-order valence-corrected chi connectivity index (χ0v) is 16.3. The molecule has 0 aliphatic heterocycles. The van der Waals surface area contributed by atoms with Crippen LogP contribution in [0.5, 0.6) is 0 Å². The van der Waals surface area contributed by atoms with Gasteiger partial charge in [-0.1, -0.05) is 0 Å². The van der Waals surface area contributed by atoms with E-state index in [-0.39, 0.29) is 5.97 Å². The SMILES string of the molecule is CO.COC(=O)c1ccc2sccc2c1.O=C(O)c1ccc2sccc2c1. The Morgan fingerprint density at radius 1 is 0.815 bits per heavy atom. The maximum atomic E-state index is 11.2. The van der Waals surface area contributed by atoms with Gasteiger partial charge in [-0.05, 0) is 70.1 Å². The van der Waals surface area contributed by atoms with Gasteiger partial charge in [-0.15, -0.1) is 22.7 Å². The minimum atomic E-state index is -0.872. The fraction of sp³-hybridized carbons (Fsp3) is 0.100. The van der Waals surface area contributed by atoms with E-state index >= 15 is 0 Å². The molecule has 2 N–H and O–H groups in total. The molecule has 0 unspecified atom stereocenters. The van der Waals surface area contributed by atoms with Gasteiger partial charge < -0.3 is 14.9 Å². The Labute approximate surface area is 164 Å². The average Bonchev–Trinajstić information content (AvgIpc) is 3.37. The van der Waals surface area contributed by atoms with Gasteiger partial charge in [0.1, 0.15) is 0 Å². The standard InChI is InChI=1S/C10H8O2S.C9H6O2S.CH4O/c1-12-10(11)8-2-3-9-7(6-8)4-5-13-9;10-9(11)7-1-2-8-6(5-7)3-4-12-8;1-2/h2-6H,1H3;1-5H,(H,10,11);2H,1H3. The molecule has 5 nitrogen and oxygen atoms in total. The molecule has 0 amide bonds. The van der Waals surface area contributed by atoms with E-state index in [0.717, 1.165) is 22.6 Å². The Morgan fingerprint density at radius 2 is 1.30 bits per heavy atom. The summed E-state index contributed by atoms with van der Waals surface area (Å²) in [4.78, 5) is 21.7. The molecule has 2 aromatic heterocycles. The summed E-state index contributed by atoms with van der Waals surface area (Å²) in [5.41, 5.74) is 0.953. The molecule has 0 radical (unpaired) electrons. The molecule has 4 aromatic rings. The molecule has 0 saturated carbocycles. The number of carboxylic acid groups (broad SMARTS) is 1. The number of hydrogen-bond donors (Lipinski definition) is 2. The highest BCUT2D eigenvalue weighted by atomic mass is 32.1. The van der Waals surface area contributed by atoms with Gasteiger partial charge in [-0.25, -0.2) is 9.59 Å². The molecule has 2 aromatic carbocycles. The number of thiophene rings is 2. The van der Waals surface area contributed by atoms with E-state index in [1.807, 2.05) is 41.1 Å². The van der Waals surface area contributed by atoms with Gasteiger partial charge >= 0.3 is 11.9 Å². The molecular formula is C20H18O5S2. The third-order valence-corrected chi connectivity index (χ3v) is 5.37. The fourth-order valence-corrected chi connectivity index (χ4v) is 3.85. The third-order valence-electron chi connectivity index (χ3n) is 3.57. The zero-order chi connectivity index (χ0) is 19.8. The van der Waals surface area contributed by atoms with Crippen LogP contribution in [0.15, 0.2) is 59.3 Å². The molecule has 2 heterocycles. The molecule has 4 rings (SSSR count). The number of ether oxygens (including phenoxy) is 1. The van der Waals surface area contributed by atoms with Gasteiger partial charge in [0.15, 0.2) is 0 Å². The Bertz CT molecular complexity index is 1050. The molecule has 0 fully saturated rings. The second-order valence-corrected chi connectivity index (χ2v) is 7.04. The maximum absolute atomic E-state index is 11.2. The first-order valence-corrected chi connectivity index (χ1v) is 9.55. The lowest BCUT2D eigenvalue weighted by atomic mass is 10.2. The van der Waals surface area contributed by atoms with E-state index < -0.39 is 5.97 Å². The molecule has 140 valence electrons. The van der Waals surface area contributed by atoms with Gasteiger partial charge in [0.25, 0.3) is 0 Å². The number of hydrogen-bond acceptors (Lipinski definition) is 6. The lowest BCUT2D eigenvalue weighted by Gasteiger charge is -1.97. The third kappa shape index (κ3) is 5.13. The van der Waals surface area contributed by atoms with Crippen molar-refractivity contribution in [2.45, 2.75) is 0 Å². The predicted molar refractivity (Wildman–Crippen MR) is 110 cm³/mol. The van der Waals surface area contributed by atoms with Gasteiger partial charge in [-0.2, -0.15) is 0 Å². The predicted octanol–water partition coefficient (Wildman–Crippen LogP) is 4.90. The van der Waals surface area contributed by atoms with Crippen LogP contribution in [0.2, 0.25) is 0 Å². The molecule has 0 aliphatic rings. The van der Waals surface area contributed by atoms with Gasteiger partial charge in [0.05, 0.1) is 18.2 Å². The molecule has 0 aliphatic carbocycles. The molecule has 0 spiro atoms. The first-order chi connectivity index (χ1) is 13.1. The molecule has 0 bridgehead atoms. The van der Waals surface area contributed by atoms with Crippen molar-refractivity contribution in [2.75, 3.05) is 14.2 Å². The van der Waals surface area contributed by atoms with Gasteiger partial charge in [-0.3, -0.25) is 0 Å². The number of aromatic carboxylic acids is 1. The lowest BCUT2D eigenvalue weighted by molar-refractivity contribution is 0.0600. The van der Waals surface area contributed by atoms with Crippen LogP contribution in [0.1, 0.15) is 20.7 Å². The number of benzene rings is 2. The highest BCUT2D eigenvalue weighted by Crippen LogP contribution is 2.22. The second-order valence-electron chi connectivity index (χ2n) is 5.14. The van der Waals surface area contributed by atoms with E-state index in [1.165, 1.54) is 11.8 Å². The molecule has 0 saturated heterocycles. The number of aliphatic hydroxyl groups excluding tert-OH is 1. The summed E-state index contributed by atoms with van der Waals surface area (Å²) in [6, 6.07) is 14.6. The van der Waals surface area contributed by atoms with Crippen molar-refractivity contribution < 1.29 is 24.5 Å². The normalized spacial score (nSPS) is 9.74. The van der Waals surface area contributed by atoms with Crippen LogP contribution in [-0.2, 0) is 4.74 Å². The summed E-state index contributed by atoms with van der Waals surface area (Å²) in [5.74, 6) is -1.16. The van der Waals surface area contributed by atoms with Crippen LogP contribution in [0.25, 0.3) is 20.2 Å². The first-order valence-electron chi connectivity index (χ1n) is 7.79. The van der Waals surface area contributed by atoms with Crippen molar-refractivity contribution in [3.05, 3.63) is 70.4 Å². The first kappa shape index (κ1) is 20.6. The highest BCUT2D eigenvalue weighted by molar-refractivity contribution is 7.17. The number of methoxy groups -OCH3 is 1. The quantitative estimate of drug-likeness (QED) is 0.466.